The number of carbonyl (C=O) groups is 1. The quantitative estimate of drug-likeness (QED) is 0.781. The number of nitrogens with one attached hydrogen (secondary N) is 1. The van der Waals surface area contributed by atoms with Crippen LogP contribution in [0.25, 0.3) is 0 Å². The first-order chi connectivity index (χ1) is 8.25. The Morgan fingerprint density at radius 3 is 2.67 bits per heavy atom. The fourth-order valence-corrected chi connectivity index (χ4v) is 1.83. The van der Waals surface area contributed by atoms with E-state index in [2.05, 4.69) is 0 Å². The standard InChI is InChI=1S/C10H16F3NO4/c1-5-8(15)6(3-7(17-2)18-5)4-14-9(16)10(11,12)13/h5-8,15H,3-4H2,1-2H3,(H,14,16)/t5-,6-,7+,8-/m0/s1. The second-order valence-corrected chi connectivity index (χ2v) is 4.20. The Morgan fingerprint density at radius 2 is 2.17 bits per heavy atom. The number of aliphatic hydroxyl groups excluding tert-OH is 1. The molecule has 0 radical (unpaired) electrons. The summed E-state index contributed by atoms with van der Waals surface area (Å²) in [5.74, 6) is -2.55. The molecule has 0 saturated carbocycles. The molecule has 8 heteroatoms. The van der Waals surface area contributed by atoms with Gasteiger partial charge in [-0.05, 0) is 6.92 Å². The van der Waals surface area contributed by atoms with Gasteiger partial charge in [-0.15, -0.1) is 0 Å². The molecule has 1 aliphatic heterocycles. The van der Waals surface area contributed by atoms with Crippen LogP contribution in [-0.4, -0.2) is 49.3 Å². The molecule has 0 unspecified atom stereocenters. The third-order valence-corrected chi connectivity index (χ3v) is 2.87. The Morgan fingerprint density at radius 1 is 1.56 bits per heavy atom. The van der Waals surface area contributed by atoms with Crippen molar-refractivity contribution in [1.29, 1.82) is 0 Å². The lowest BCUT2D eigenvalue weighted by Gasteiger charge is -2.37. The van der Waals surface area contributed by atoms with Crippen LogP contribution < -0.4 is 5.32 Å². The van der Waals surface area contributed by atoms with Gasteiger partial charge in [-0.3, -0.25) is 4.79 Å². The van der Waals surface area contributed by atoms with E-state index in [1.54, 1.807) is 12.2 Å². The Balaban J connectivity index is 2.52. The Labute approximate surface area is 102 Å². The molecule has 0 spiro atoms. The van der Waals surface area contributed by atoms with E-state index in [0.29, 0.717) is 0 Å². The second-order valence-electron chi connectivity index (χ2n) is 4.20. The van der Waals surface area contributed by atoms with E-state index in [9.17, 15) is 23.1 Å². The molecular formula is C10H16F3NO4. The summed E-state index contributed by atoms with van der Waals surface area (Å²) in [5.41, 5.74) is 0. The lowest BCUT2D eigenvalue weighted by atomic mass is 9.92. The molecule has 1 rings (SSSR count). The minimum atomic E-state index is -4.91. The predicted octanol–water partition coefficient (Wildman–Crippen LogP) is 0.423. The van der Waals surface area contributed by atoms with Gasteiger partial charge in [0.1, 0.15) is 0 Å². The van der Waals surface area contributed by atoms with Gasteiger partial charge in [0.2, 0.25) is 0 Å². The summed E-state index contributed by atoms with van der Waals surface area (Å²) in [6.45, 7) is 1.32. The van der Waals surface area contributed by atoms with Crippen molar-refractivity contribution in [2.75, 3.05) is 13.7 Å². The van der Waals surface area contributed by atoms with Crippen LogP contribution in [0.15, 0.2) is 0 Å². The minimum absolute atomic E-state index is 0.222. The highest BCUT2D eigenvalue weighted by atomic mass is 19.4. The molecule has 4 atom stereocenters. The fourth-order valence-electron chi connectivity index (χ4n) is 1.83. The molecule has 5 nitrogen and oxygen atoms in total. The van der Waals surface area contributed by atoms with Crippen LogP contribution >= 0.6 is 0 Å². The molecular weight excluding hydrogens is 255 g/mol. The highest BCUT2D eigenvalue weighted by Crippen LogP contribution is 2.25. The number of hydrogen-bond acceptors (Lipinski definition) is 4. The molecule has 18 heavy (non-hydrogen) atoms. The number of alkyl halides is 3. The number of amides is 1. The summed E-state index contributed by atoms with van der Waals surface area (Å²) < 4.78 is 46.2. The molecule has 0 bridgehead atoms. The maximum Gasteiger partial charge on any atom is 0.471 e. The monoisotopic (exact) mass is 271 g/mol. The maximum absolute atomic E-state index is 12.0. The number of ether oxygens (including phenoxy) is 2. The molecule has 106 valence electrons. The first kappa shape index (κ1) is 15.2. The van der Waals surface area contributed by atoms with Crippen molar-refractivity contribution < 1.29 is 32.5 Å². The van der Waals surface area contributed by atoms with Gasteiger partial charge in [-0.25, -0.2) is 0 Å². The van der Waals surface area contributed by atoms with E-state index in [1.807, 2.05) is 0 Å². The average molecular weight is 271 g/mol. The maximum atomic E-state index is 12.0. The van der Waals surface area contributed by atoms with E-state index in [4.69, 9.17) is 9.47 Å². The summed E-state index contributed by atoms with van der Waals surface area (Å²) in [7, 11) is 1.40. The minimum Gasteiger partial charge on any atom is -0.390 e. The molecule has 0 aromatic carbocycles. The third-order valence-electron chi connectivity index (χ3n) is 2.87. The van der Waals surface area contributed by atoms with Crippen LogP contribution in [0.2, 0.25) is 0 Å². The number of carbonyl (C=O) groups excluding carboxylic acids is 1. The zero-order chi connectivity index (χ0) is 13.9. The molecule has 1 aliphatic rings. The van der Waals surface area contributed by atoms with Crippen molar-refractivity contribution >= 4 is 5.91 Å². The average Bonchev–Trinajstić information content (AvgIpc) is 2.29. The Hall–Kier alpha value is -0.860. The summed E-state index contributed by atoms with van der Waals surface area (Å²) in [6, 6.07) is 0. The fraction of sp³-hybridized carbons (Fsp3) is 0.900. The first-order valence-corrected chi connectivity index (χ1v) is 5.47. The molecule has 0 aromatic heterocycles. The van der Waals surface area contributed by atoms with Crippen molar-refractivity contribution in [2.24, 2.45) is 5.92 Å². The highest BCUT2D eigenvalue weighted by molar-refractivity contribution is 5.81. The Bertz CT molecular complexity index is 297. The molecule has 1 heterocycles. The van der Waals surface area contributed by atoms with Gasteiger partial charge in [0.25, 0.3) is 0 Å². The van der Waals surface area contributed by atoms with E-state index in [0.717, 1.165) is 0 Å². The van der Waals surface area contributed by atoms with Crippen LogP contribution in [0.3, 0.4) is 0 Å². The lowest BCUT2D eigenvalue weighted by Crippen LogP contribution is -2.49. The highest BCUT2D eigenvalue weighted by Gasteiger charge is 2.40. The SMILES string of the molecule is CO[C@H]1C[C@@H](CNC(=O)C(F)(F)F)[C@@H](O)[C@H](C)O1. The number of aliphatic hydroxyl groups is 1. The first-order valence-electron chi connectivity index (χ1n) is 5.47. The molecule has 1 fully saturated rings. The van der Waals surface area contributed by atoms with Gasteiger partial charge in [-0.2, -0.15) is 13.2 Å². The van der Waals surface area contributed by atoms with Crippen molar-refractivity contribution in [1.82, 2.24) is 5.32 Å². The van der Waals surface area contributed by atoms with Gasteiger partial charge in [0, 0.05) is 26.0 Å². The van der Waals surface area contributed by atoms with Crippen molar-refractivity contribution in [3.63, 3.8) is 0 Å². The molecule has 0 aromatic rings. The van der Waals surface area contributed by atoms with E-state index in [1.165, 1.54) is 7.11 Å². The largest absolute Gasteiger partial charge is 0.471 e. The number of rotatable bonds is 3. The third kappa shape index (κ3) is 3.82. The van der Waals surface area contributed by atoms with Gasteiger partial charge < -0.3 is 19.9 Å². The summed E-state index contributed by atoms with van der Waals surface area (Å²) >= 11 is 0. The summed E-state index contributed by atoms with van der Waals surface area (Å²) in [6.07, 6.45) is -6.78. The second kappa shape index (κ2) is 5.85. The van der Waals surface area contributed by atoms with Gasteiger partial charge in [0.05, 0.1) is 12.2 Å². The van der Waals surface area contributed by atoms with E-state index >= 15 is 0 Å². The van der Waals surface area contributed by atoms with Crippen LogP contribution in [0.5, 0.6) is 0 Å². The van der Waals surface area contributed by atoms with Crippen LogP contribution in [-0.2, 0) is 14.3 Å². The van der Waals surface area contributed by atoms with Gasteiger partial charge >= 0.3 is 12.1 Å². The number of halogens is 3. The van der Waals surface area contributed by atoms with Crippen molar-refractivity contribution in [2.45, 2.75) is 38.0 Å². The number of hydrogen-bond donors (Lipinski definition) is 2. The van der Waals surface area contributed by atoms with Crippen LogP contribution in [0, 0.1) is 5.92 Å². The van der Waals surface area contributed by atoms with Crippen molar-refractivity contribution in [3.8, 4) is 0 Å². The lowest BCUT2D eigenvalue weighted by molar-refractivity contribution is -0.224. The molecule has 1 saturated heterocycles. The predicted molar refractivity (Wildman–Crippen MR) is 54.5 cm³/mol. The van der Waals surface area contributed by atoms with Crippen LogP contribution in [0.1, 0.15) is 13.3 Å². The van der Waals surface area contributed by atoms with Gasteiger partial charge in [0.15, 0.2) is 6.29 Å². The Kier molecular flexibility index (Phi) is 4.94. The van der Waals surface area contributed by atoms with E-state index < -0.39 is 36.5 Å². The summed E-state index contributed by atoms with van der Waals surface area (Å²) in [5, 5.41) is 11.5. The van der Waals surface area contributed by atoms with Crippen LogP contribution in [0.4, 0.5) is 13.2 Å². The van der Waals surface area contributed by atoms with E-state index in [-0.39, 0.29) is 13.0 Å². The zero-order valence-electron chi connectivity index (χ0n) is 10.0. The van der Waals surface area contributed by atoms with Crippen molar-refractivity contribution in [3.05, 3.63) is 0 Å². The smallest absolute Gasteiger partial charge is 0.390 e. The molecule has 1 amide bonds. The van der Waals surface area contributed by atoms with Gasteiger partial charge in [-0.1, -0.05) is 0 Å². The normalized spacial score (nSPS) is 33.2. The number of methoxy groups -OCH3 is 1. The molecule has 2 N–H and O–H groups in total. The zero-order valence-corrected chi connectivity index (χ0v) is 10.0. The molecule has 0 aliphatic carbocycles. The topological polar surface area (TPSA) is 67.8 Å². The summed E-state index contributed by atoms with van der Waals surface area (Å²) in [4.78, 5) is 10.7.